The summed E-state index contributed by atoms with van der Waals surface area (Å²) in [5, 5.41) is 7.91. The number of ether oxygens (including phenoxy) is 1. The minimum atomic E-state index is -0.469. The normalized spacial score (nSPS) is 11.1. The van der Waals surface area contributed by atoms with Gasteiger partial charge in [0.25, 0.3) is 5.91 Å². The van der Waals surface area contributed by atoms with Crippen LogP contribution in [0.2, 0.25) is 5.02 Å². The summed E-state index contributed by atoms with van der Waals surface area (Å²) in [5.74, 6) is -0.606. The number of carbonyl (C=O) groups is 1. The van der Waals surface area contributed by atoms with Crippen LogP contribution in [0.4, 0.5) is 10.1 Å². The van der Waals surface area contributed by atoms with Crippen molar-refractivity contribution in [3.8, 4) is 5.75 Å². The van der Waals surface area contributed by atoms with Gasteiger partial charge in [0, 0.05) is 11.4 Å². The molecular weight excluding hydrogens is 347 g/mol. The molecule has 0 atom stereocenters. The first-order valence-electron chi connectivity index (χ1n) is 7.65. The van der Waals surface area contributed by atoms with Crippen LogP contribution in [-0.2, 0) is 4.79 Å². The fourth-order valence-corrected chi connectivity index (χ4v) is 2.54. The number of benzene rings is 1. The van der Waals surface area contributed by atoms with Crippen LogP contribution >= 0.6 is 11.6 Å². The van der Waals surface area contributed by atoms with Crippen molar-refractivity contribution in [2.75, 3.05) is 11.9 Å². The van der Waals surface area contributed by atoms with Crippen LogP contribution in [0, 0.1) is 5.82 Å². The molecule has 2 aromatic heterocycles. The minimum absolute atomic E-state index is 0.108. The summed E-state index contributed by atoms with van der Waals surface area (Å²) >= 11 is 5.85. The van der Waals surface area contributed by atoms with E-state index >= 15 is 0 Å². The third-order valence-corrected chi connectivity index (χ3v) is 3.75. The summed E-state index contributed by atoms with van der Waals surface area (Å²) in [6, 6.07) is 5.69. The number of anilines is 1. The van der Waals surface area contributed by atoms with E-state index in [9.17, 15) is 9.18 Å². The Morgan fingerprint density at radius 3 is 2.88 bits per heavy atom. The molecule has 1 aromatic carbocycles. The molecule has 2 heterocycles. The van der Waals surface area contributed by atoms with Crippen molar-refractivity contribution in [1.82, 2.24) is 14.8 Å². The van der Waals surface area contributed by atoms with Gasteiger partial charge < -0.3 is 10.1 Å². The SMILES string of the molecule is CC(C)n1ncc2cc(NC(=O)COc3ccc(F)cc3Cl)cnc21. The standard InChI is InChI=1S/C17H16ClFN4O2/c1-10(2)23-17-11(7-21-23)5-13(8-20-17)22-16(24)9-25-15-4-3-12(19)6-14(15)18/h3-8,10H,9H2,1-2H3,(H,22,24). The zero-order valence-corrected chi connectivity index (χ0v) is 14.4. The highest BCUT2D eigenvalue weighted by Gasteiger charge is 2.10. The Labute approximate surface area is 148 Å². The molecule has 0 saturated heterocycles. The fourth-order valence-electron chi connectivity index (χ4n) is 2.32. The second-order valence-electron chi connectivity index (χ2n) is 5.73. The third kappa shape index (κ3) is 3.88. The Morgan fingerprint density at radius 1 is 1.36 bits per heavy atom. The fraction of sp³-hybridized carbons (Fsp3) is 0.235. The summed E-state index contributed by atoms with van der Waals surface area (Å²) in [6.07, 6.45) is 3.26. The number of aromatic nitrogens is 3. The predicted octanol–water partition coefficient (Wildman–Crippen LogP) is 3.82. The third-order valence-electron chi connectivity index (χ3n) is 3.46. The molecule has 3 aromatic rings. The topological polar surface area (TPSA) is 69.0 Å². The average Bonchev–Trinajstić information content (AvgIpc) is 2.97. The number of hydrogen-bond donors (Lipinski definition) is 1. The molecule has 0 aliphatic rings. The van der Waals surface area contributed by atoms with Gasteiger partial charge in [-0.2, -0.15) is 5.10 Å². The number of nitrogens with one attached hydrogen (secondary N) is 1. The molecule has 1 N–H and O–H groups in total. The molecule has 1 amide bonds. The number of amides is 1. The first kappa shape index (κ1) is 17.2. The number of fused-ring (bicyclic) bond motifs is 1. The van der Waals surface area contributed by atoms with Crippen LogP contribution < -0.4 is 10.1 Å². The monoisotopic (exact) mass is 362 g/mol. The van der Waals surface area contributed by atoms with Gasteiger partial charge in [0.15, 0.2) is 12.3 Å². The van der Waals surface area contributed by atoms with Crippen molar-refractivity contribution in [3.05, 3.63) is 47.5 Å². The first-order chi connectivity index (χ1) is 11.9. The maximum absolute atomic E-state index is 13.0. The molecule has 0 radical (unpaired) electrons. The lowest BCUT2D eigenvalue weighted by Crippen LogP contribution is -2.20. The quantitative estimate of drug-likeness (QED) is 0.749. The molecule has 0 saturated carbocycles. The van der Waals surface area contributed by atoms with Crippen LogP contribution in [0.3, 0.4) is 0 Å². The van der Waals surface area contributed by atoms with E-state index < -0.39 is 5.82 Å². The Balaban J connectivity index is 1.65. The smallest absolute Gasteiger partial charge is 0.262 e. The zero-order chi connectivity index (χ0) is 18.0. The molecule has 0 fully saturated rings. The second kappa shape index (κ2) is 7.06. The molecule has 0 spiro atoms. The van der Waals surface area contributed by atoms with E-state index in [0.717, 1.165) is 17.1 Å². The molecule has 3 rings (SSSR count). The van der Waals surface area contributed by atoms with Gasteiger partial charge in [0.05, 0.1) is 23.1 Å². The lowest BCUT2D eigenvalue weighted by atomic mass is 10.3. The van der Waals surface area contributed by atoms with E-state index in [4.69, 9.17) is 16.3 Å². The molecule has 25 heavy (non-hydrogen) atoms. The van der Waals surface area contributed by atoms with Crippen LogP contribution in [0.5, 0.6) is 5.75 Å². The van der Waals surface area contributed by atoms with Crippen LogP contribution in [0.25, 0.3) is 11.0 Å². The number of nitrogens with zero attached hydrogens (tertiary/aromatic N) is 3. The Bertz CT molecular complexity index is 926. The highest BCUT2D eigenvalue weighted by atomic mass is 35.5. The van der Waals surface area contributed by atoms with Gasteiger partial charge in [-0.3, -0.25) is 4.79 Å². The molecule has 130 valence electrons. The highest BCUT2D eigenvalue weighted by molar-refractivity contribution is 6.32. The Hall–Kier alpha value is -2.67. The highest BCUT2D eigenvalue weighted by Crippen LogP contribution is 2.25. The number of carbonyl (C=O) groups excluding carboxylic acids is 1. The lowest BCUT2D eigenvalue weighted by molar-refractivity contribution is -0.118. The van der Waals surface area contributed by atoms with E-state index in [1.165, 1.54) is 12.1 Å². The summed E-state index contributed by atoms with van der Waals surface area (Å²) in [7, 11) is 0. The number of rotatable bonds is 5. The van der Waals surface area contributed by atoms with Crippen molar-refractivity contribution in [1.29, 1.82) is 0 Å². The van der Waals surface area contributed by atoms with Gasteiger partial charge in [-0.25, -0.2) is 14.1 Å². The maximum atomic E-state index is 13.0. The second-order valence-corrected chi connectivity index (χ2v) is 6.14. The zero-order valence-electron chi connectivity index (χ0n) is 13.7. The van der Waals surface area contributed by atoms with Gasteiger partial charge in [-0.1, -0.05) is 11.6 Å². The molecule has 8 heteroatoms. The summed E-state index contributed by atoms with van der Waals surface area (Å²) in [4.78, 5) is 16.4. The average molecular weight is 363 g/mol. The largest absolute Gasteiger partial charge is 0.482 e. The summed E-state index contributed by atoms with van der Waals surface area (Å²) < 4.78 is 20.1. The Kier molecular flexibility index (Phi) is 4.85. The maximum Gasteiger partial charge on any atom is 0.262 e. The van der Waals surface area contributed by atoms with Crippen molar-refractivity contribution in [2.45, 2.75) is 19.9 Å². The molecule has 0 unspecified atom stereocenters. The van der Waals surface area contributed by atoms with Crippen molar-refractivity contribution in [3.63, 3.8) is 0 Å². The minimum Gasteiger partial charge on any atom is -0.482 e. The first-order valence-corrected chi connectivity index (χ1v) is 8.03. The van der Waals surface area contributed by atoms with Gasteiger partial charge in [-0.05, 0) is 38.1 Å². The van der Waals surface area contributed by atoms with E-state index in [1.54, 1.807) is 23.1 Å². The van der Waals surface area contributed by atoms with E-state index in [-0.39, 0.29) is 29.3 Å². The van der Waals surface area contributed by atoms with Crippen molar-refractivity contribution < 1.29 is 13.9 Å². The molecule has 0 aliphatic heterocycles. The lowest BCUT2D eigenvalue weighted by Gasteiger charge is -2.09. The van der Waals surface area contributed by atoms with E-state index in [0.29, 0.717) is 5.69 Å². The van der Waals surface area contributed by atoms with E-state index in [1.807, 2.05) is 13.8 Å². The van der Waals surface area contributed by atoms with Crippen LogP contribution in [0.1, 0.15) is 19.9 Å². The molecule has 0 aliphatic carbocycles. The number of halogens is 2. The molecular formula is C17H16ClFN4O2. The predicted molar refractivity (Wildman–Crippen MR) is 93.4 cm³/mol. The van der Waals surface area contributed by atoms with Gasteiger partial charge in [-0.15, -0.1) is 0 Å². The summed E-state index contributed by atoms with van der Waals surface area (Å²) in [5.41, 5.74) is 1.29. The number of pyridine rings is 1. The molecule has 0 bridgehead atoms. The molecule has 6 nitrogen and oxygen atoms in total. The van der Waals surface area contributed by atoms with Crippen molar-refractivity contribution in [2.24, 2.45) is 0 Å². The van der Waals surface area contributed by atoms with Gasteiger partial charge in [0.1, 0.15) is 11.6 Å². The van der Waals surface area contributed by atoms with Gasteiger partial charge >= 0.3 is 0 Å². The van der Waals surface area contributed by atoms with E-state index in [2.05, 4.69) is 15.4 Å². The summed E-state index contributed by atoms with van der Waals surface area (Å²) in [6.45, 7) is 3.78. The van der Waals surface area contributed by atoms with Gasteiger partial charge in [0.2, 0.25) is 0 Å². The number of hydrogen-bond acceptors (Lipinski definition) is 4. The van der Waals surface area contributed by atoms with Crippen LogP contribution in [-0.4, -0.2) is 27.3 Å². The Morgan fingerprint density at radius 2 is 2.16 bits per heavy atom. The van der Waals surface area contributed by atoms with Crippen molar-refractivity contribution >= 4 is 34.2 Å². The van der Waals surface area contributed by atoms with Crippen LogP contribution in [0.15, 0.2) is 36.7 Å².